The van der Waals surface area contributed by atoms with E-state index in [1.165, 1.54) is 42.6 Å². The van der Waals surface area contributed by atoms with E-state index in [1.807, 2.05) is 0 Å². The van der Waals surface area contributed by atoms with E-state index in [1.54, 1.807) is 0 Å². The Morgan fingerprint density at radius 3 is 2.82 bits per heavy atom. The first-order valence-corrected chi connectivity index (χ1v) is 6.97. The van der Waals surface area contributed by atoms with Gasteiger partial charge in [-0.1, -0.05) is 19.8 Å². The first-order chi connectivity index (χ1) is 8.38. The van der Waals surface area contributed by atoms with Crippen molar-refractivity contribution >= 4 is 0 Å². The molecule has 0 spiro atoms. The molecule has 2 heterocycles. The molecule has 1 fully saturated rings. The molecule has 1 aromatic rings. The Kier molecular flexibility index (Phi) is 3.10. The third kappa shape index (κ3) is 2.08. The van der Waals surface area contributed by atoms with Crippen LogP contribution in [0.1, 0.15) is 61.3 Å². The number of aryl methyl sites for hydroxylation is 1. The third-order valence-electron chi connectivity index (χ3n) is 4.09. The highest BCUT2D eigenvalue weighted by atomic mass is 15.0. The van der Waals surface area contributed by atoms with Gasteiger partial charge in [0.2, 0.25) is 0 Å². The van der Waals surface area contributed by atoms with E-state index in [9.17, 15) is 0 Å². The maximum atomic E-state index is 4.85. The summed E-state index contributed by atoms with van der Waals surface area (Å²) in [4.78, 5) is 9.69. The maximum Gasteiger partial charge on any atom is 0.131 e. The van der Waals surface area contributed by atoms with Gasteiger partial charge in [0, 0.05) is 36.7 Å². The predicted octanol–water partition coefficient (Wildman–Crippen LogP) is 2.34. The number of hydrogen-bond donors (Lipinski definition) is 1. The first kappa shape index (κ1) is 11.1. The Morgan fingerprint density at radius 1 is 1.24 bits per heavy atom. The molecule has 0 atom stereocenters. The van der Waals surface area contributed by atoms with E-state index in [-0.39, 0.29) is 0 Å². The van der Waals surface area contributed by atoms with Crippen molar-refractivity contribution in [1.29, 1.82) is 0 Å². The molecule has 2 aliphatic rings. The zero-order valence-corrected chi connectivity index (χ0v) is 10.6. The van der Waals surface area contributed by atoms with Crippen molar-refractivity contribution in [3.05, 3.63) is 22.8 Å². The second-order valence-corrected chi connectivity index (χ2v) is 5.22. The molecule has 1 aliphatic carbocycles. The lowest BCUT2D eigenvalue weighted by Gasteiger charge is -2.21. The first-order valence-electron chi connectivity index (χ1n) is 6.97. The Labute approximate surface area is 103 Å². The number of fused-ring (bicyclic) bond motifs is 1. The second-order valence-electron chi connectivity index (χ2n) is 5.22. The van der Waals surface area contributed by atoms with Crippen LogP contribution in [0.15, 0.2) is 0 Å². The van der Waals surface area contributed by atoms with Crippen molar-refractivity contribution in [2.24, 2.45) is 0 Å². The maximum absolute atomic E-state index is 4.85. The standard InChI is InChI=1S/C14H21N3/c1-2-12-11-9-15-8-7-13(11)17-14(16-12)10-5-3-4-6-10/h10,15H,2-9H2,1H3. The summed E-state index contributed by atoms with van der Waals surface area (Å²) in [5.74, 6) is 1.78. The van der Waals surface area contributed by atoms with Gasteiger partial charge in [-0.05, 0) is 19.3 Å². The Hall–Kier alpha value is -0.960. The molecule has 1 saturated carbocycles. The largest absolute Gasteiger partial charge is 0.312 e. The highest BCUT2D eigenvalue weighted by Gasteiger charge is 2.23. The summed E-state index contributed by atoms with van der Waals surface area (Å²) < 4.78 is 0. The summed E-state index contributed by atoms with van der Waals surface area (Å²) in [6, 6.07) is 0. The topological polar surface area (TPSA) is 37.8 Å². The molecule has 17 heavy (non-hydrogen) atoms. The van der Waals surface area contributed by atoms with Gasteiger partial charge in [-0.25, -0.2) is 9.97 Å². The molecule has 3 heteroatoms. The lowest BCUT2D eigenvalue weighted by atomic mass is 10.0. The van der Waals surface area contributed by atoms with Crippen LogP contribution in [0.2, 0.25) is 0 Å². The minimum absolute atomic E-state index is 0.639. The number of rotatable bonds is 2. The SMILES string of the molecule is CCc1nc(C2CCCC2)nc2c1CNCC2. The van der Waals surface area contributed by atoms with Gasteiger partial charge in [0.25, 0.3) is 0 Å². The lowest BCUT2D eigenvalue weighted by molar-refractivity contribution is 0.590. The van der Waals surface area contributed by atoms with E-state index in [4.69, 9.17) is 9.97 Å². The van der Waals surface area contributed by atoms with Gasteiger partial charge in [-0.3, -0.25) is 0 Å². The molecule has 3 nitrogen and oxygen atoms in total. The van der Waals surface area contributed by atoms with Crippen LogP contribution in [0.4, 0.5) is 0 Å². The lowest BCUT2D eigenvalue weighted by Crippen LogP contribution is -2.27. The van der Waals surface area contributed by atoms with Crippen molar-refractivity contribution in [3.63, 3.8) is 0 Å². The summed E-state index contributed by atoms with van der Waals surface area (Å²) >= 11 is 0. The monoisotopic (exact) mass is 231 g/mol. The van der Waals surface area contributed by atoms with Crippen LogP contribution in [0.3, 0.4) is 0 Å². The fraction of sp³-hybridized carbons (Fsp3) is 0.714. The van der Waals surface area contributed by atoms with Crippen molar-refractivity contribution in [3.8, 4) is 0 Å². The fourth-order valence-electron chi connectivity index (χ4n) is 3.09. The van der Waals surface area contributed by atoms with Crippen molar-refractivity contribution in [2.75, 3.05) is 6.54 Å². The van der Waals surface area contributed by atoms with Crippen LogP contribution in [-0.2, 0) is 19.4 Å². The van der Waals surface area contributed by atoms with E-state index < -0.39 is 0 Å². The second kappa shape index (κ2) is 4.73. The smallest absolute Gasteiger partial charge is 0.131 e. The number of nitrogens with one attached hydrogen (secondary N) is 1. The van der Waals surface area contributed by atoms with Crippen molar-refractivity contribution < 1.29 is 0 Å². The molecule has 3 rings (SSSR count). The van der Waals surface area contributed by atoms with E-state index in [2.05, 4.69) is 12.2 Å². The van der Waals surface area contributed by atoms with Crippen LogP contribution >= 0.6 is 0 Å². The van der Waals surface area contributed by atoms with Crippen LogP contribution in [-0.4, -0.2) is 16.5 Å². The predicted molar refractivity (Wildman–Crippen MR) is 68.0 cm³/mol. The fourth-order valence-corrected chi connectivity index (χ4v) is 3.09. The molecule has 1 aromatic heterocycles. The summed E-state index contributed by atoms with van der Waals surface area (Å²) in [5, 5.41) is 3.42. The highest BCUT2D eigenvalue weighted by Crippen LogP contribution is 2.33. The van der Waals surface area contributed by atoms with E-state index in [0.29, 0.717) is 5.92 Å². The van der Waals surface area contributed by atoms with E-state index >= 15 is 0 Å². The molecule has 0 bridgehead atoms. The van der Waals surface area contributed by atoms with Gasteiger partial charge in [-0.15, -0.1) is 0 Å². The minimum atomic E-state index is 0.639. The average Bonchev–Trinajstić information content (AvgIpc) is 2.91. The molecule has 1 aliphatic heterocycles. The van der Waals surface area contributed by atoms with Crippen LogP contribution in [0.25, 0.3) is 0 Å². The zero-order valence-electron chi connectivity index (χ0n) is 10.6. The molecular formula is C14H21N3. The van der Waals surface area contributed by atoms with Gasteiger partial charge in [-0.2, -0.15) is 0 Å². The number of aromatic nitrogens is 2. The molecule has 0 unspecified atom stereocenters. The molecule has 0 aromatic carbocycles. The summed E-state index contributed by atoms with van der Waals surface area (Å²) in [5.41, 5.74) is 3.97. The minimum Gasteiger partial charge on any atom is -0.312 e. The van der Waals surface area contributed by atoms with Gasteiger partial charge in [0.15, 0.2) is 0 Å². The molecular weight excluding hydrogens is 210 g/mol. The number of nitrogens with zero attached hydrogens (tertiary/aromatic N) is 2. The molecule has 0 saturated heterocycles. The average molecular weight is 231 g/mol. The molecule has 1 N–H and O–H groups in total. The Bertz CT molecular complexity index is 391. The van der Waals surface area contributed by atoms with Crippen molar-refractivity contribution in [2.45, 2.75) is 57.9 Å². The Morgan fingerprint density at radius 2 is 2.06 bits per heavy atom. The quantitative estimate of drug-likeness (QED) is 0.849. The van der Waals surface area contributed by atoms with Crippen LogP contribution < -0.4 is 5.32 Å². The zero-order chi connectivity index (χ0) is 11.7. The third-order valence-corrected chi connectivity index (χ3v) is 4.09. The normalized spacial score (nSPS) is 20.5. The van der Waals surface area contributed by atoms with Gasteiger partial charge in [0.05, 0.1) is 5.69 Å². The summed E-state index contributed by atoms with van der Waals surface area (Å²) in [6.07, 6.45) is 7.40. The van der Waals surface area contributed by atoms with Crippen molar-refractivity contribution in [1.82, 2.24) is 15.3 Å². The van der Waals surface area contributed by atoms with Gasteiger partial charge >= 0.3 is 0 Å². The Balaban J connectivity index is 1.99. The van der Waals surface area contributed by atoms with Crippen LogP contribution in [0, 0.1) is 0 Å². The van der Waals surface area contributed by atoms with Gasteiger partial charge < -0.3 is 5.32 Å². The molecule has 0 radical (unpaired) electrons. The molecule has 92 valence electrons. The van der Waals surface area contributed by atoms with E-state index in [0.717, 1.165) is 31.8 Å². The van der Waals surface area contributed by atoms with Gasteiger partial charge in [0.1, 0.15) is 5.82 Å². The highest BCUT2D eigenvalue weighted by molar-refractivity contribution is 5.29. The summed E-state index contributed by atoms with van der Waals surface area (Å²) in [6.45, 7) is 4.23. The summed E-state index contributed by atoms with van der Waals surface area (Å²) in [7, 11) is 0. The van der Waals surface area contributed by atoms with Crippen LogP contribution in [0.5, 0.6) is 0 Å². The molecule has 0 amide bonds. The number of hydrogen-bond acceptors (Lipinski definition) is 3.